The predicted octanol–water partition coefficient (Wildman–Crippen LogP) is 9.25. The lowest BCUT2D eigenvalue weighted by atomic mass is 9.71. The van der Waals surface area contributed by atoms with E-state index in [-0.39, 0.29) is 22.4 Å². The van der Waals surface area contributed by atoms with Crippen LogP contribution in [0.4, 0.5) is 5.69 Å². The Labute approximate surface area is 289 Å². The number of ketones is 2. The highest BCUT2D eigenvalue weighted by Crippen LogP contribution is 2.41. The molecule has 0 unspecified atom stereocenters. The van der Waals surface area contributed by atoms with Crippen molar-refractivity contribution in [1.82, 2.24) is 29.9 Å². The van der Waals surface area contributed by atoms with Crippen molar-refractivity contribution in [3.63, 3.8) is 0 Å². The molecule has 0 bridgehead atoms. The smallest absolute Gasteiger partial charge is 0.172 e. The molecule has 2 aliphatic carbocycles. The molecule has 5 aromatic rings. The number of aromatic nitrogens is 6. The number of nitrogens with one attached hydrogen (secondary N) is 2. The third-order valence-electron chi connectivity index (χ3n) is 10.8. The van der Waals surface area contributed by atoms with E-state index in [1.165, 1.54) is 31.4 Å². The average molecular weight is 711 g/mol. The summed E-state index contributed by atoms with van der Waals surface area (Å²) in [4.78, 5) is 52.9. The monoisotopic (exact) mass is 709 g/mol. The first-order valence-corrected chi connectivity index (χ1v) is 18.3. The lowest BCUT2D eigenvalue weighted by Crippen LogP contribution is -2.30. The molecule has 5 heterocycles. The van der Waals surface area contributed by atoms with Crippen molar-refractivity contribution >= 4 is 55.5 Å². The summed E-state index contributed by atoms with van der Waals surface area (Å²) in [5.41, 5.74) is 6.69. The molecule has 0 spiro atoms. The highest BCUT2D eigenvalue weighted by Gasteiger charge is 2.37. The van der Waals surface area contributed by atoms with Crippen LogP contribution in [-0.2, 0) is 0 Å². The molecule has 9 nitrogen and oxygen atoms in total. The number of halogens is 1. The molecule has 2 N–H and O–H groups in total. The van der Waals surface area contributed by atoms with Gasteiger partial charge in [0, 0.05) is 47.6 Å². The number of H-pyrrole nitrogens is 2. The Morgan fingerprint density at radius 2 is 1.27 bits per heavy atom. The number of carbonyl (C=O) groups excluding carboxylic acids is 2. The molecule has 1 aromatic carbocycles. The van der Waals surface area contributed by atoms with Gasteiger partial charge in [-0.2, -0.15) is 0 Å². The molecule has 48 heavy (non-hydrogen) atoms. The first kappa shape index (κ1) is 32.6. The van der Waals surface area contributed by atoms with Crippen molar-refractivity contribution in [2.24, 2.45) is 10.8 Å². The fourth-order valence-corrected chi connectivity index (χ4v) is 8.13. The summed E-state index contributed by atoms with van der Waals surface area (Å²) >= 11 is 3.31. The Bertz CT molecular complexity index is 1950. The Balaban J connectivity index is 0.000000166. The SMILES string of the molecule is CC1(C(=O)c2c[nH]c3ncc(-c4cccc(N5CCCC5)c4)nc23)CCCCC1.CC1(C(=O)c2c[nH]c3ncc(Br)nc23)CCCCC1. The fraction of sp³-hybridized carbons (Fsp3) is 0.474. The molecule has 0 amide bonds. The van der Waals surface area contributed by atoms with Crippen molar-refractivity contribution in [2.75, 3.05) is 18.0 Å². The minimum Gasteiger partial charge on any atom is -0.372 e. The van der Waals surface area contributed by atoms with Gasteiger partial charge in [-0.05, 0) is 66.6 Å². The van der Waals surface area contributed by atoms with E-state index in [2.05, 4.69) is 83.9 Å². The fourth-order valence-electron chi connectivity index (χ4n) is 7.85. The van der Waals surface area contributed by atoms with E-state index in [1.54, 1.807) is 24.8 Å². The van der Waals surface area contributed by atoms with E-state index in [4.69, 9.17) is 4.98 Å². The summed E-state index contributed by atoms with van der Waals surface area (Å²) in [6.45, 7) is 6.43. The highest BCUT2D eigenvalue weighted by molar-refractivity contribution is 9.10. The largest absolute Gasteiger partial charge is 0.372 e. The van der Waals surface area contributed by atoms with Crippen LogP contribution in [0.2, 0.25) is 0 Å². The first-order valence-electron chi connectivity index (χ1n) is 17.5. The van der Waals surface area contributed by atoms with E-state index < -0.39 is 0 Å². The molecule has 1 aliphatic heterocycles. The van der Waals surface area contributed by atoms with Gasteiger partial charge in [-0.15, -0.1) is 0 Å². The molecule has 3 fully saturated rings. The minimum absolute atomic E-state index is 0.200. The normalized spacial score (nSPS) is 18.9. The maximum absolute atomic E-state index is 13.4. The summed E-state index contributed by atoms with van der Waals surface area (Å²) in [7, 11) is 0. The highest BCUT2D eigenvalue weighted by atomic mass is 79.9. The van der Waals surface area contributed by atoms with Crippen molar-refractivity contribution < 1.29 is 9.59 Å². The molecule has 0 radical (unpaired) electrons. The second-order valence-corrected chi connectivity index (χ2v) is 15.2. The van der Waals surface area contributed by atoms with E-state index in [0.29, 0.717) is 38.1 Å². The van der Waals surface area contributed by atoms with E-state index in [9.17, 15) is 9.59 Å². The van der Waals surface area contributed by atoms with Gasteiger partial charge in [0.05, 0.1) is 29.2 Å². The van der Waals surface area contributed by atoms with Gasteiger partial charge in [-0.25, -0.2) is 19.9 Å². The van der Waals surface area contributed by atoms with Gasteiger partial charge in [0.25, 0.3) is 0 Å². The Kier molecular flexibility index (Phi) is 9.20. The lowest BCUT2D eigenvalue weighted by Gasteiger charge is -2.31. The quantitative estimate of drug-likeness (QED) is 0.169. The van der Waals surface area contributed by atoms with Crippen molar-refractivity contribution in [3.8, 4) is 11.3 Å². The molecule has 1 saturated heterocycles. The summed E-state index contributed by atoms with van der Waals surface area (Å²) in [6, 6.07) is 8.51. The van der Waals surface area contributed by atoms with Gasteiger partial charge in [-0.3, -0.25) is 9.59 Å². The Morgan fingerprint density at radius 3 is 1.85 bits per heavy atom. The van der Waals surface area contributed by atoms with Crippen LogP contribution in [0, 0.1) is 10.8 Å². The molecule has 10 heteroatoms. The number of rotatable bonds is 6. The number of Topliss-reactive ketones (excluding diaryl/α,β-unsaturated/α-hetero) is 2. The summed E-state index contributed by atoms with van der Waals surface area (Å²) in [5.74, 6) is 0.409. The van der Waals surface area contributed by atoms with Gasteiger partial charge in [0.1, 0.15) is 15.6 Å². The van der Waals surface area contributed by atoms with Crippen LogP contribution in [0.1, 0.15) is 112 Å². The van der Waals surface area contributed by atoms with Gasteiger partial charge in [0.15, 0.2) is 22.9 Å². The molecule has 0 atom stereocenters. The van der Waals surface area contributed by atoms with Crippen LogP contribution in [0.25, 0.3) is 33.6 Å². The third-order valence-corrected chi connectivity index (χ3v) is 11.2. The third kappa shape index (κ3) is 6.43. The molecule has 8 rings (SSSR count). The predicted molar refractivity (Wildman–Crippen MR) is 193 cm³/mol. The van der Waals surface area contributed by atoms with Gasteiger partial charge in [0.2, 0.25) is 0 Å². The maximum Gasteiger partial charge on any atom is 0.172 e. The topological polar surface area (TPSA) is 121 Å². The molecular weight excluding hydrogens is 666 g/mol. The maximum atomic E-state index is 13.4. The summed E-state index contributed by atoms with van der Waals surface area (Å²) in [5, 5.41) is 0. The second-order valence-electron chi connectivity index (χ2n) is 14.4. The van der Waals surface area contributed by atoms with E-state index in [1.807, 2.05) is 0 Å². The van der Waals surface area contributed by atoms with Gasteiger partial charge in [-0.1, -0.05) is 64.5 Å². The van der Waals surface area contributed by atoms with Gasteiger partial charge >= 0.3 is 0 Å². The second kappa shape index (κ2) is 13.5. The van der Waals surface area contributed by atoms with Crippen LogP contribution in [0.3, 0.4) is 0 Å². The number of hydrogen-bond acceptors (Lipinski definition) is 7. The number of carbonyl (C=O) groups is 2. The average Bonchev–Trinajstić information content (AvgIpc) is 3.89. The molecular formula is C38H44BrN7O2. The Morgan fingerprint density at radius 1 is 0.729 bits per heavy atom. The summed E-state index contributed by atoms with van der Waals surface area (Å²) in [6.07, 6.45) is 20.4. The van der Waals surface area contributed by atoms with Crippen LogP contribution in [0.5, 0.6) is 0 Å². The Hall–Kier alpha value is -3.92. The number of fused-ring (bicyclic) bond motifs is 2. The molecule has 250 valence electrons. The standard InChI is InChI=1S/C24H28N4O.C14H16BrN3O/c1-24(10-3-2-4-11-24)22(29)19-15-25-23-21(19)27-20(16-26-23)17-8-7-9-18(14-17)28-12-5-6-13-28;1-14(5-3-2-4-6-14)12(19)9-7-16-13-11(9)18-10(15)8-17-13/h7-9,14-16H,2-6,10-13H2,1H3,(H,25,26);7-8H,2-6H2,1H3,(H,16,17). The van der Waals surface area contributed by atoms with Crippen molar-refractivity contribution in [2.45, 2.75) is 90.9 Å². The number of benzene rings is 1. The molecule has 3 aliphatic rings. The van der Waals surface area contributed by atoms with Crippen LogP contribution in [0.15, 0.2) is 53.7 Å². The van der Waals surface area contributed by atoms with E-state index in [0.717, 1.165) is 75.7 Å². The van der Waals surface area contributed by atoms with Crippen molar-refractivity contribution in [1.29, 1.82) is 0 Å². The van der Waals surface area contributed by atoms with Gasteiger partial charge < -0.3 is 14.9 Å². The van der Waals surface area contributed by atoms with Crippen LogP contribution < -0.4 is 4.90 Å². The molecule has 4 aromatic heterocycles. The van der Waals surface area contributed by atoms with E-state index >= 15 is 0 Å². The van der Waals surface area contributed by atoms with Crippen LogP contribution in [-0.4, -0.2) is 54.6 Å². The zero-order chi connectivity index (χ0) is 33.3. The first-order chi connectivity index (χ1) is 23.2. The minimum atomic E-state index is -0.277. The number of aromatic amines is 2. The van der Waals surface area contributed by atoms with Crippen molar-refractivity contribution in [3.05, 3.63) is 64.8 Å². The number of anilines is 1. The zero-order valence-electron chi connectivity index (χ0n) is 27.9. The molecule has 2 saturated carbocycles. The zero-order valence-corrected chi connectivity index (χ0v) is 29.5. The van der Waals surface area contributed by atoms with Crippen LogP contribution >= 0.6 is 15.9 Å². The lowest BCUT2D eigenvalue weighted by molar-refractivity contribution is 0.0745. The number of nitrogens with zero attached hydrogens (tertiary/aromatic N) is 5. The summed E-state index contributed by atoms with van der Waals surface area (Å²) < 4.78 is 0.655. The number of hydrogen-bond donors (Lipinski definition) is 2.